The average molecular weight is 313 g/mol. The van der Waals surface area contributed by atoms with E-state index in [-0.39, 0.29) is 5.91 Å². The Hall–Kier alpha value is -1.88. The van der Waals surface area contributed by atoms with E-state index in [2.05, 4.69) is 15.6 Å². The van der Waals surface area contributed by atoms with Crippen LogP contribution in [-0.4, -0.2) is 10.9 Å². The van der Waals surface area contributed by atoms with Crippen LogP contribution in [0.5, 0.6) is 0 Å². The van der Waals surface area contributed by atoms with E-state index in [1.807, 2.05) is 35.7 Å². The fraction of sp³-hybridized carbons (Fsp3) is 0.412. The smallest absolute Gasteiger partial charge is 0.251 e. The summed E-state index contributed by atoms with van der Waals surface area (Å²) in [5.41, 5.74) is 2.92. The summed E-state index contributed by atoms with van der Waals surface area (Å²) in [6, 6.07) is 5.86. The summed E-state index contributed by atoms with van der Waals surface area (Å²) in [7, 11) is 0. The number of thiazole rings is 1. The van der Waals surface area contributed by atoms with E-state index < -0.39 is 0 Å². The van der Waals surface area contributed by atoms with Crippen molar-refractivity contribution in [3.8, 4) is 0 Å². The van der Waals surface area contributed by atoms with E-state index in [0.717, 1.165) is 23.4 Å². The highest BCUT2D eigenvalue weighted by Gasteiger charge is 2.22. The van der Waals surface area contributed by atoms with Crippen molar-refractivity contribution < 1.29 is 4.79 Å². The summed E-state index contributed by atoms with van der Waals surface area (Å²) in [5.74, 6) is 0.710. The zero-order valence-electron chi connectivity index (χ0n) is 12.4. The molecule has 2 aromatic rings. The van der Waals surface area contributed by atoms with E-state index in [1.165, 1.54) is 35.6 Å². The lowest BCUT2D eigenvalue weighted by Gasteiger charge is -2.09. The molecule has 22 heavy (non-hydrogen) atoms. The third-order valence-electron chi connectivity index (χ3n) is 4.58. The van der Waals surface area contributed by atoms with Crippen LogP contribution in [0.4, 0.5) is 5.69 Å². The molecule has 1 amide bonds. The molecule has 1 saturated carbocycles. The van der Waals surface area contributed by atoms with Gasteiger partial charge in [0.15, 0.2) is 0 Å². The number of carbonyl (C=O) groups is 1. The quantitative estimate of drug-likeness (QED) is 0.906. The predicted octanol–water partition coefficient (Wildman–Crippen LogP) is 3.66. The van der Waals surface area contributed by atoms with Gasteiger partial charge in [-0.05, 0) is 25.0 Å². The second kappa shape index (κ2) is 5.72. The van der Waals surface area contributed by atoms with Crippen molar-refractivity contribution in [3.63, 3.8) is 0 Å². The highest BCUT2D eigenvalue weighted by atomic mass is 32.1. The number of carbonyl (C=O) groups excluding carboxylic acids is 1. The van der Waals surface area contributed by atoms with Gasteiger partial charge in [0.2, 0.25) is 0 Å². The Morgan fingerprint density at radius 2 is 2.18 bits per heavy atom. The van der Waals surface area contributed by atoms with Crippen molar-refractivity contribution in [3.05, 3.63) is 45.4 Å². The molecule has 2 aliphatic rings. The number of fused-ring (bicyclic) bond motifs is 1. The van der Waals surface area contributed by atoms with Crippen LogP contribution in [0.15, 0.2) is 24.4 Å². The van der Waals surface area contributed by atoms with Crippen molar-refractivity contribution in [1.82, 2.24) is 10.3 Å². The summed E-state index contributed by atoms with van der Waals surface area (Å²) in [4.78, 5) is 17.6. The van der Waals surface area contributed by atoms with Gasteiger partial charge in [-0.3, -0.25) is 4.79 Å². The zero-order chi connectivity index (χ0) is 14.9. The Morgan fingerprint density at radius 3 is 3.05 bits per heavy atom. The summed E-state index contributed by atoms with van der Waals surface area (Å²) in [6.45, 7) is 1.39. The number of amides is 1. The van der Waals surface area contributed by atoms with Gasteiger partial charge in [-0.15, -0.1) is 11.3 Å². The number of nitrogens with zero attached hydrogens (tertiary/aromatic N) is 1. The highest BCUT2D eigenvalue weighted by Crippen LogP contribution is 2.36. The molecule has 4 rings (SSSR count). The Labute approximate surface area is 134 Å². The van der Waals surface area contributed by atoms with E-state index in [0.29, 0.717) is 12.5 Å². The summed E-state index contributed by atoms with van der Waals surface area (Å²) >= 11 is 1.83. The van der Waals surface area contributed by atoms with Gasteiger partial charge in [0.05, 0.1) is 11.6 Å². The minimum absolute atomic E-state index is 0.0277. The van der Waals surface area contributed by atoms with Crippen molar-refractivity contribution in [2.75, 3.05) is 5.32 Å². The summed E-state index contributed by atoms with van der Waals surface area (Å²) in [5, 5.41) is 7.64. The topological polar surface area (TPSA) is 54.0 Å². The number of anilines is 1. The molecule has 1 fully saturated rings. The van der Waals surface area contributed by atoms with Crippen molar-refractivity contribution >= 4 is 22.9 Å². The maximum absolute atomic E-state index is 11.7. The molecule has 5 heteroatoms. The second-order valence-corrected chi connectivity index (χ2v) is 7.16. The predicted molar refractivity (Wildman–Crippen MR) is 88.3 cm³/mol. The van der Waals surface area contributed by atoms with Crippen LogP contribution in [0.3, 0.4) is 0 Å². The molecule has 4 nitrogen and oxygen atoms in total. The standard InChI is InChI=1S/C17H19N3OS/c21-16-13-6-3-7-15(14(13)10-19-16)18-8-12-9-20-17(22-12)11-4-1-2-5-11/h3,6-7,9,11,18H,1-2,4-5,8,10H2,(H,19,21). The zero-order valence-corrected chi connectivity index (χ0v) is 13.2. The van der Waals surface area contributed by atoms with E-state index in [4.69, 9.17) is 0 Å². The van der Waals surface area contributed by atoms with Crippen LogP contribution in [0.2, 0.25) is 0 Å². The van der Waals surface area contributed by atoms with Gasteiger partial charge in [0.1, 0.15) is 0 Å². The molecule has 0 saturated heterocycles. The molecule has 114 valence electrons. The van der Waals surface area contributed by atoms with Crippen LogP contribution in [0, 0.1) is 0 Å². The van der Waals surface area contributed by atoms with E-state index >= 15 is 0 Å². The maximum atomic E-state index is 11.7. The van der Waals surface area contributed by atoms with Gasteiger partial charge < -0.3 is 10.6 Å². The Kier molecular flexibility index (Phi) is 3.58. The highest BCUT2D eigenvalue weighted by molar-refractivity contribution is 7.11. The SMILES string of the molecule is O=C1NCc2c(NCc3cnc(C4CCCC4)s3)cccc21. The molecular formula is C17H19N3OS. The molecule has 0 unspecified atom stereocenters. The maximum Gasteiger partial charge on any atom is 0.251 e. The number of nitrogens with one attached hydrogen (secondary N) is 2. The molecule has 1 aliphatic heterocycles. The largest absolute Gasteiger partial charge is 0.380 e. The van der Waals surface area contributed by atoms with Crippen LogP contribution in [0.1, 0.15) is 57.4 Å². The summed E-state index contributed by atoms with van der Waals surface area (Å²) in [6.07, 6.45) is 7.27. The number of aromatic nitrogens is 1. The lowest BCUT2D eigenvalue weighted by atomic mass is 10.1. The van der Waals surface area contributed by atoms with Gasteiger partial charge in [0, 0.05) is 40.4 Å². The molecule has 0 bridgehead atoms. The first-order valence-corrected chi connectivity index (χ1v) is 8.71. The van der Waals surface area contributed by atoms with Gasteiger partial charge in [-0.25, -0.2) is 4.98 Å². The van der Waals surface area contributed by atoms with Gasteiger partial charge >= 0.3 is 0 Å². The van der Waals surface area contributed by atoms with Crippen LogP contribution >= 0.6 is 11.3 Å². The molecule has 1 aromatic heterocycles. The fourth-order valence-corrected chi connectivity index (χ4v) is 4.39. The number of hydrogen-bond donors (Lipinski definition) is 2. The first kappa shape index (κ1) is 13.8. The monoisotopic (exact) mass is 313 g/mol. The van der Waals surface area contributed by atoms with Crippen molar-refractivity contribution in [2.45, 2.75) is 44.7 Å². The first-order chi connectivity index (χ1) is 10.8. The van der Waals surface area contributed by atoms with Gasteiger partial charge in [-0.1, -0.05) is 18.9 Å². The third-order valence-corrected chi connectivity index (χ3v) is 5.74. The normalized spacial score (nSPS) is 17.5. The van der Waals surface area contributed by atoms with Crippen LogP contribution in [0.25, 0.3) is 0 Å². The van der Waals surface area contributed by atoms with Crippen LogP contribution in [-0.2, 0) is 13.1 Å². The molecule has 0 atom stereocenters. The van der Waals surface area contributed by atoms with E-state index in [9.17, 15) is 4.79 Å². The number of rotatable bonds is 4. The molecule has 1 aliphatic carbocycles. The molecule has 2 heterocycles. The average Bonchev–Trinajstić information content (AvgIpc) is 3.26. The Morgan fingerprint density at radius 1 is 1.32 bits per heavy atom. The van der Waals surface area contributed by atoms with Gasteiger partial charge in [0.25, 0.3) is 5.91 Å². The molecule has 2 N–H and O–H groups in total. The number of hydrogen-bond acceptors (Lipinski definition) is 4. The van der Waals surface area contributed by atoms with E-state index in [1.54, 1.807) is 0 Å². The van der Waals surface area contributed by atoms with Crippen molar-refractivity contribution in [2.24, 2.45) is 0 Å². The minimum Gasteiger partial charge on any atom is -0.380 e. The fourth-order valence-electron chi connectivity index (χ4n) is 3.37. The second-order valence-electron chi connectivity index (χ2n) is 6.01. The Balaban J connectivity index is 1.46. The van der Waals surface area contributed by atoms with Crippen LogP contribution < -0.4 is 10.6 Å². The molecular weight excluding hydrogens is 294 g/mol. The Bertz CT molecular complexity index is 704. The third kappa shape index (κ3) is 2.50. The molecule has 0 spiro atoms. The molecule has 0 radical (unpaired) electrons. The molecule has 1 aromatic carbocycles. The van der Waals surface area contributed by atoms with Crippen molar-refractivity contribution in [1.29, 1.82) is 0 Å². The minimum atomic E-state index is 0.0277. The lowest BCUT2D eigenvalue weighted by molar-refractivity contribution is 0.0966. The lowest BCUT2D eigenvalue weighted by Crippen LogP contribution is -2.12. The first-order valence-electron chi connectivity index (χ1n) is 7.90. The van der Waals surface area contributed by atoms with Gasteiger partial charge in [-0.2, -0.15) is 0 Å². The summed E-state index contributed by atoms with van der Waals surface area (Å²) < 4.78 is 0. The number of benzene rings is 1.